The van der Waals surface area contributed by atoms with Gasteiger partial charge in [-0.3, -0.25) is 0 Å². The number of aromatic carboxylic acids is 1. The largest absolute Gasteiger partial charge is 0.477 e. The number of hydrogen-bond acceptors (Lipinski definition) is 3. The first-order valence-electron chi connectivity index (χ1n) is 6.73. The Hall–Kier alpha value is -2.33. The Morgan fingerprint density at radius 1 is 1.32 bits per heavy atom. The van der Waals surface area contributed by atoms with Crippen LogP contribution in [0.5, 0.6) is 5.75 Å². The highest BCUT2D eigenvalue weighted by Crippen LogP contribution is 2.25. The molecule has 2 rings (SSSR count). The van der Waals surface area contributed by atoms with E-state index in [1.54, 1.807) is 36.6 Å². The molecule has 1 aromatic carbocycles. The number of carbonyl (C=O) groups is 1. The maximum Gasteiger partial charge on any atom is 0.354 e. The minimum absolute atomic E-state index is 0.0197. The third-order valence-electron chi connectivity index (χ3n) is 2.84. The minimum atomic E-state index is -1.05. The molecule has 0 spiro atoms. The van der Waals surface area contributed by atoms with Gasteiger partial charge in [0.2, 0.25) is 0 Å². The molecule has 22 heavy (non-hydrogen) atoms. The van der Waals surface area contributed by atoms with Gasteiger partial charge < -0.3 is 9.84 Å². The second-order valence-electron chi connectivity index (χ2n) is 5.06. The van der Waals surface area contributed by atoms with Crippen LogP contribution in [0.1, 0.15) is 35.6 Å². The number of nitrogens with zero attached hydrogens (tertiary/aromatic N) is 1. The zero-order valence-electron chi connectivity index (χ0n) is 12.3. The standard InChI is InChI=1S/C17H16ClNO3/c1-11(2)10-22-16-7-6-13(18)8-12(16)9-14-4-3-5-15(19-14)17(20)21/h3-8,10H,9H2,1-2H3,(H,20,21). The number of rotatable bonds is 5. The topological polar surface area (TPSA) is 59.4 Å². The molecule has 1 N–H and O–H groups in total. The van der Waals surface area contributed by atoms with E-state index < -0.39 is 5.97 Å². The average molecular weight is 318 g/mol. The lowest BCUT2D eigenvalue weighted by Crippen LogP contribution is -2.03. The van der Waals surface area contributed by atoms with E-state index in [-0.39, 0.29) is 5.69 Å². The minimum Gasteiger partial charge on any atom is -0.477 e. The second kappa shape index (κ2) is 7.09. The molecule has 0 radical (unpaired) electrons. The van der Waals surface area contributed by atoms with E-state index in [1.165, 1.54) is 6.07 Å². The van der Waals surface area contributed by atoms with Crippen LogP contribution in [0.15, 0.2) is 48.2 Å². The maximum atomic E-state index is 11.0. The van der Waals surface area contributed by atoms with Gasteiger partial charge in [0.25, 0.3) is 0 Å². The van der Waals surface area contributed by atoms with Crippen molar-refractivity contribution in [1.82, 2.24) is 4.98 Å². The highest BCUT2D eigenvalue weighted by Gasteiger charge is 2.09. The number of halogens is 1. The fourth-order valence-electron chi connectivity index (χ4n) is 1.87. The van der Waals surface area contributed by atoms with Gasteiger partial charge in [-0.05, 0) is 49.8 Å². The van der Waals surface area contributed by atoms with Gasteiger partial charge in [0.05, 0.1) is 6.26 Å². The SMILES string of the molecule is CC(C)=COc1ccc(Cl)cc1Cc1cccc(C(=O)O)n1. The van der Waals surface area contributed by atoms with Gasteiger partial charge in [-0.25, -0.2) is 9.78 Å². The number of hydrogen-bond donors (Lipinski definition) is 1. The van der Waals surface area contributed by atoms with Crippen LogP contribution in [0.2, 0.25) is 5.02 Å². The summed E-state index contributed by atoms with van der Waals surface area (Å²) in [6.07, 6.45) is 2.10. The average Bonchev–Trinajstić information content (AvgIpc) is 2.46. The number of allylic oxidation sites excluding steroid dienone is 1. The Morgan fingerprint density at radius 3 is 2.77 bits per heavy atom. The van der Waals surface area contributed by atoms with E-state index in [2.05, 4.69) is 4.98 Å². The summed E-state index contributed by atoms with van der Waals surface area (Å²) in [4.78, 5) is 15.1. The van der Waals surface area contributed by atoms with Gasteiger partial charge in [-0.2, -0.15) is 0 Å². The molecule has 1 heterocycles. The number of pyridine rings is 1. The van der Waals surface area contributed by atoms with Gasteiger partial charge >= 0.3 is 5.97 Å². The predicted octanol–water partition coefficient (Wildman–Crippen LogP) is 4.33. The summed E-state index contributed by atoms with van der Waals surface area (Å²) in [5.74, 6) is -0.373. The number of ether oxygens (including phenoxy) is 1. The summed E-state index contributed by atoms with van der Waals surface area (Å²) in [5, 5.41) is 9.59. The second-order valence-corrected chi connectivity index (χ2v) is 5.50. The fraction of sp³-hybridized carbons (Fsp3) is 0.176. The first-order chi connectivity index (χ1) is 10.5. The van der Waals surface area contributed by atoms with Crippen molar-refractivity contribution < 1.29 is 14.6 Å². The Morgan fingerprint density at radius 2 is 2.09 bits per heavy atom. The molecule has 0 aliphatic carbocycles. The molecule has 114 valence electrons. The first kappa shape index (κ1) is 16.0. The molecule has 0 unspecified atom stereocenters. The number of benzene rings is 1. The molecular weight excluding hydrogens is 302 g/mol. The molecule has 0 fully saturated rings. The van der Waals surface area contributed by atoms with E-state index >= 15 is 0 Å². The first-order valence-corrected chi connectivity index (χ1v) is 7.11. The van der Waals surface area contributed by atoms with Crippen molar-refractivity contribution in [3.05, 3.63) is 70.2 Å². The highest BCUT2D eigenvalue weighted by atomic mass is 35.5. The smallest absolute Gasteiger partial charge is 0.354 e. The third kappa shape index (κ3) is 4.33. The summed E-state index contributed by atoms with van der Waals surface area (Å²) in [5.41, 5.74) is 2.54. The molecule has 0 saturated heterocycles. The van der Waals surface area contributed by atoms with Crippen LogP contribution < -0.4 is 4.74 Å². The van der Waals surface area contributed by atoms with Crippen molar-refractivity contribution in [2.45, 2.75) is 20.3 Å². The van der Waals surface area contributed by atoms with Crippen LogP contribution in [0.4, 0.5) is 0 Å². The van der Waals surface area contributed by atoms with E-state index in [0.717, 1.165) is 11.1 Å². The molecule has 4 nitrogen and oxygen atoms in total. The fourth-order valence-corrected chi connectivity index (χ4v) is 2.07. The van der Waals surface area contributed by atoms with Crippen molar-refractivity contribution in [3.8, 4) is 5.75 Å². The summed E-state index contributed by atoms with van der Waals surface area (Å²) in [6.45, 7) is 3.88. The van der Waals surface area contributed by atoms with Gasteiger partial charge in [-0.15, -0.1) is 0 Å². The van der Waals surface area contributed by atoms with E-state index in [0.29, 0.717) is 22.9 Å². The van der Waals surface area contributed by atoms with Crippen LogP contribution in [0.25, 0.3) is 0 Å². The van der Waals surface area contributed by atoms with E-state index in [9.17, 15) is 4.79 Å². The lowest BCUT2D eigenvalue weighted by atomic mass is 10.1. The Bertz CT molecular complexity index is 722. The molecule has 0 atom stereocenters. The zero-order chi connectivity index (χ0) is 16.1. The molecule has 1 aromatic heterocycles. The quantitative estimate of drug-likeness (QED) is 0.834. The zero-order valence-corrected chi connectivity index (χ0v) is 13.1. The van der Waals surface area contributed by atoms with Crippen molar-refractivity contribution in [2.75, 3.05) is 0 Å². The number of aromatic nitrogens is 1. The van der Waals surface area contributed by atoms with Gasteiger partial charge in [-0.1, -0.05) is 17.7 Å². The molecular formula is C17H16ClNO3. The van der Waals surface area contributed by atoms with Crippen molar-refractivity contribution >= 4 is 17.6 Å². The van der Waals surface area contributed by atoms with Crippen molar-refractivity contribution in [1.29, 1.82) is 0 Å². The van der Waals surface area contributed by atoms with Crippen LogP contribution in [-0.4, -0.2) is 16.1 Å². The highest BCUT2D eigenvalue weighted by molar-refractivity contribution is 6.30. The molecule has 2 aromatic rings. The van der Waals surface area contributed by atoms with Crippen LogP contribution in [0.3, 0.4) is 0 Å². The van der Waals surface area contributed by atoms with Crippen LogP contribution in [-0.2, 0) is 6.42 Å². The summed E-state index contributed by atoms with van der Waals surface area (Å²) < 4.78 is 5.64. The predicted molar refractivity (Wildman–Crippen MR) is 85.5 cm³/mol. The van der Waals surface area contributed by atoms with E-state index in [4.69, 9.17) is 21.4 Å². The lowest BCUT2D eigenvalue weighted by molar-refractivity contribution is 0.0690. The molecule has 5 heteroatoms. The number of carboxylic acids is 1. The number of carboxylic acid groups (broad SMARTS) is 1. The maximum absolute atomic E-state index is 11.0. The normalized spacial score (nSPS) is 10.1. The van der Waals surface area contributed by atoms with Gasteiger partial charge in [0, 0.05) is 22.7 Å². The van der Waals surface area contributed by atoms with Crippen LogP contribution >= 0.6 is 11.6 Å². The summed E-state index contributed by atoms with van der Waals surface area (Å²) in [7, 11) is 0. The Balaban J connectivity index is 2.31. The van der Waals surface area contributed by atoms with E-state index in [1.807, 2.05) is 13.8 Å². The van der Waals surface area contributed by atoms with Crippen LogP contribution in [0, 0.1) is 0 Å². The van der Waals surface area contributed by atoms with Gasteiger partial charge in [0.1, 0.15) is 11.4 Å². The Kier molecular flexibility index (Phi) is 5.17. The Labute approximate surface area is 134 Å². The van der Waals surface area contributed by atoms with Crippen molar-refractivity contribution in [3.63, 3.8) is 0 Å². The summed E-state index contributed by atoms with van der Waals surface area (Å²) >= 11 is 6.04. The molecule has 0 bridgehead atoms. The third-order valence-corrected chi connectivity index (χ3v) is 3.08. The lowest BCUT2D eigenvalue weighted by Gasteiger charge is -2.10. The molecule has 0 saturated carbocycles. The molecule has 0 aliphatic heterocycles. The summed E-state index contributed by atoms with van der Waals surface area (Å²) in [6, 6.07) is 10.2. The molecule has 0 amide bonds. The monoisotopic (exact) mass is 317 g/mol. The molecule has 0 aliphatic rings. The van der Waals surface area contributed by atoms with Gasteiger partial charge in [0.15, 0.2) is 0 Å². The van der Waals surface area contributed by atoms with Crippen molar-refractivity contribution in [2.24, 2.45) is 0 Å².